The number of amides is 1. The van der Waals surface area contributed by atoms with Crippen LogP contribution in [0.15, 0.2) is 48.8 Å². The molecule has 0 bridgehead atoms. The van der Waals surface area contributed by atoms with Gasteiger partial charge in [-0.1, -0.05) is 12.8 Å². The Bertz CT molecular complexity index is 2020. The SMILES string of the molecule is Cn1cnnc1-c1ccc(C(F)(F)F)cc1-c1cc(NCCCC#N)nc(N2Cc3c(cc(CN4CC5(CCCC5)C4)cc3C(F)(F)F)C2=O)c1. The van der Waals surface area contributed by atoms with Crippen LogP contribution < -0.4 is 10.2 Å². The van der Waals surface area contributed by atoms with Crippen LogP contribution in [-0.4, -0.2) is 50.2 Å². The fraction of sp³-hybridized carbons (Fsp3) is 0.417. The Kier molecular flexibility index (Phi) is 8.77. The second-order valence-corrected chi connectivity index (χ2v) is 13.7. The molecule has 1 N–H and O–H groups in total. The van der Waals surface area contributed by atoms with E-state index in [1.165, 1.54) is 30.6 Å². The van der Waals surface area contributed by atoms with Crippen molar-refractivity contribution in [3.8, 4) is 28.6 Å². The van der Waals surface area contributed by atoms with E-state index in [0.29, 0.717) is 17.5 Å². The molecular formula is C36H34F6N8O. The lowest BCUT2D eigenvalue weighted by Crippen LogP contribution is -2.54. The average Bonchev–Trinajstić information content (AvgIpc) is 3.81. The van der Waals surface area contributed by atoms with Crippen LogP contribution in [-0.2, 0) is 32.5 Å². The van der Waals surface area contributed by atoms with E-state index in [1.807, 2.05) is 6.07 Å². The van der Waals surface area contributed by atoms with Crippen LogP contribution in [0.3, 0.4) is 0 Å². The molecule has 1 saturated carbocycles. The van der Waals surface area contributed by atoms with Crippen molar-refractivity contribution in [1.29, 1.82) is 5.26 Å². The number of benzene rings is 2. The summed E-state index contributed by atoms with van der Waals surface area (Å²) in [4.78, 5) is 21.8. The number of hydrogen-bond acceptors (Lipinski definition) is 7. The van der Waals surface area contributed by atoms with E-state index in [9.17, 15) is 31.1 Å². The van der Waals surface area contributed by atoms with Crippen LogP contribution in [0.4, 0.5) is 38.0 Å². The number of carbonyl (C=O) groups excluding carboxylic acids is 1. The lowest BCUT2D eigenvalue weighted by atomic mass is 9.78. The second kappa shape index (κ2) is 13.0. The van der Waals surface area contributed by atoms with Gasteiger partial charge in [0.15, 0.2) is 5.82 Å². The maximum Gasteiger partial charge on any atom is 0.416 e. The van der Waals surface area contributed by atoms with Gasteiger partial charge in [-0.25, -0.2) is 4.98 Å². The van der Waals surface area contributed by atoms with Crippen molar-refractivity contribution in [2.24, 2.45) is 12.5 Å². The van der Waals surface area contributed by atoms with E-state index >= 15 is 0 Å². The molecule has 1 spiro atoms. The van der Waals surface area contributed by atoms with E-state index in [4.69, 9.17) is 5.26 Å². The first-order valence-corrected chi connectivity index (χ1v) is 16.7. The van der Waals surface area contributed by atoms with Crippen molar-refractivity contribution in [1.82, 2.24) is 24.6 Å². The number of hydrogen-bond donors (Lipinski definition) is 1. The number of fused-ring (bicyclic) bond motifs is 1. The van der Waals surface area contributed by atoms with E-state index in [-0.39, 0.29) is 64.6 Å². The van der Waals surface area contributed by atoms with Gasteiger partial charge in [0.2, 0.25) is 0 Å². The molecule has 1 saturated heterocycles. The molecule has 1 aliphatic carbocycles. The number of aryl methyl sites for hydroxylation is 1. The smallest absolute Gasteiger partial charge is 0.370 e. The van der Waals surface area contributed by atoms with Gasteiger partial charge in [0.1, 0.15) is 18.0 Å². The van der Waals surface area contributed by atoms with Crippen molar-refractivity contribution in [3.63, 3.8) is 0 Å². The average molecular weight is 709 g/mol. The molecule has 2 aromatic heterocycles. The number of nitriles is 1. The Morgan fingerprint density at radius 3 is 2.39 bits per heavy atom. The van der Waals surface area contributed by atoms with Crippen LogP contribution in [0, 0.1) is 16.7 Å². The zero-order chi connectivity index (χ0) is 36.1. The van der Waals surface area contributed by atoms with E-state index < -0.39 is 35.9 Å². The summed E-state index contributed by atoms with van der Waals surface area (Å²) in [6.45, 7) is 1.77. The first-order chi connectivity index (χ1) is 24.2. The number of halogens is 6. The van der Waals surface area contributed by atoms with Crippen molar-refractivity contribution >= 4 is 17.5 Å². The Hall–Kier alpha value is -4.97. The van der Waals surface area contributed by atoms with Crippen LogP contribution in [0.25, 0.3) is 22.5 Å². The predicted molar refractivity (Wildman–Crippen MR) is 176 cm³/mol. The number of rotatable bonds is 9. The molecule has 266 valence electrons. The van der Waals surface area contributed by atoms with Crippen molar-refractivity contribution in [3.05, 3.63) is 76.6 Å². The van der Waals surface area contributed by atoms with Gasteiger partial charge in [0.05, 0.1) is 23.7 Å². The Morgan fingerprint density at radius 1 is 0.961 bits per heavy atom. The number of carbonyl (C=O) groups is 1. The maximum absolute atomic E-state index is 14.6. The Morgan fingerprint density at radius 2 is 1.73 bits per heavy atom. The highest BCUT2D eigenvalue weighted by molar-refractivity contribution is 6.10. The zero-order valence-corrected chi connectivity index (χ0v) is 27.7. The summed E-state index contributed by atoms with van der Waals surface area (Å²) < 4.78 is 87.2. The molecule has 0 atom stereocenters. The predicted octanol–water partition coefficient (Wildman–Crippen LogP) is 7.83. The molecule has 0 unspecified atom stereocenters. The van der Waals surface area contributed by atoms with Gasteiger partial charge in [-0.2, -0.15) is 31.6 Å². The second-order valence-electron chi connectivity index (χ2n) is 13.7. The molecule has 9 nitrogen and oxygen atoms in total. The Balaban J connectivity index is 1.29. The highest BCUT2D eigenvalue weighted by Crippen LogP contribution is 2.47. The number of unbranched alkanes of at least 4 members (excludes halogenated alkanes) is 1. The summed E-state index contributed by atoms with van der Waals surface area (Å²) in [6, 6.07) is 10.8. The largest absolute Gasteiger partial charge is 0.416 e. The zero-order valence-electron chi connectivity index (χ0n) is 27.7. The van der Waals surface area contributed by atoms with Crippen LogP contribution in [0.2, 0.25) is 0 Å². The topological polar surface area (TPSA) is 103 Å². The molecule has 1 amide bonds. The molecule has 2 aliphatic heterocycles. The van der Waals surface area contributed by atoms with Crippen LogP contribution in [0.5, 0.6) is 0 Å². The van der Waals surface area contributed by atoms with Gasteiger partial charge in [0.25, 0.3) is 5.91 Å². The molecule has 7 rings (SSSR count). The lowest BCUT2D eigenvalue weighted by Gasteiger charge is -2.48. The van der Waals surface area contributed by atoms with Gasteiger partial charge in [-0.15, -0.1) is 10.2 Å². The summed E-state index contributed by atoms with van der Waals surface area (Å²) in [6.07, 6.45) is -2.80. The third-order valence-electron chi connectivity index (χ3n) is 10.1. The summed E-state index contributed by atoms with van der Waals surface area (Å²) >= 11 is 0. The number of nitrogens with zero attached hydrogens (tertiary/aromatic N) is 7. The summed E-state index contributed by atoms with van der Waals surface area (Å²) in [5, 5.41) is 20.0. The van der Waals surface area contributed by atoms with Gasteiger partial charge in [-0.05, 0) is 89.4 Å². The van der Waals surface area contributed by atoms with Crippen molar-refractivity contribution in [2.75, 3.05) is 29.9 Å². The summed E-state index contributed by atoms with van der Waals surface area (Å²) in [7, 11) is 1.64. The summed E-state index contributed by atoms with van der Waals surface area (Å²) in [5.74, 6) is -0.293. The minimum atomic E-state index is -4.73. The van der Waals surface area contributed by atoms with Gasteiger partial charge in [-0.3, -0.25) is 14.6 Å². The quantitative estimate of drug-likeness (QED) is 0.140. The molecular weight excluding hydrogens is 674 g/mol. The van der Waals surface area contributed by atoms with Gasteiger partial charge < -0.3 is 9.88 Å². The molecule has 4 heterocycles. The summed E-state index contributed by atoms with van der Waals surface area (Å²) in [5.41, 5.74) is -0.822. The van der Waals surface area contributed by atoms with Gasteiger partial charge in [0, 0.05) is 50.8 Å². The first kappa shape index (κ1) is 34.5. The van der Waals surface area contributed by atoms with E-state index in [0.717, 1.165) is 61.9 Å². The molecule has 2 aromatic carbocycles. The van der Waals surface area contributed by atoms with Crippen molar-refractivity contribution in [2.45, 2.75) is 64.0 Å². The molecule has 0 radical (unpaired) electrons. The Labute approximate surface area is 289 Å². The number of pyridine rings is 1. The number of anilines is 2. The molecule has 3 aliphatic rings. The standard InChI is InChI=1S/C36H34F6N8O/c1-48-21-45-47-32(48)25-7-6-24(35(37,38)39)16-26(25)23-14-30(44-11-5-4-10-43)46-31(15-23)50-18-28-27(33(50)51)12-22(13-29(28)36(40,41)42)17-49-19-34(20-49)8-2-3-9-34/h6-7,12-16,21H,2-5,8-9,11,17-20H2,1H3,(H,44,46). The monoisotopic (exact) mass is 708 g/mol. The number of aromatic nitrogens is 4. The maximum atomic E-state index is 14.6. The van der Waals surface area contributed by atoms with Crippen LogP contribution in [0.1, 0.15) is 71.1 Å². The highest BCUT2D eigenvalue weighted by atomic mass is 19.4. The molecule has 51 heavy (non-hydrogen) atoms. The normalized spacial score (nSPS) is 17.1. The minimum Gasteiger partial charge on any atom is -0.370 e. The minimum absolute atomic E-state index is 0.0431. The number of likely N-dealkylation sites (tertiary alicyclic amines) is 1. The first-order valence-electron chi connectivity index (χ1n) is 16.7. The third kappa shape index (κ3) is 6.76. The van der Waals surface area contributed by atoms with Crippen LogP contribution >= 0.6 is 0 Å². The van der Waals surface area contributed by atoms with E-state index in [2.05, 4.69) is 25.4 Å². The third-order valence-corrected chi connectivity index (χ3v) is 10.1. The molecule has 15 heteroatoms. The number of alkyl halides is 6. The fourth-order valence-corrected chi connectivity index (χ4v) is 7.68. The lowest BCUT2D eigenvalue weighted by molar-refractivity contribution is -0.138. The molecule has 2 fully saturated rings. The number of nitrogens with one attached hydrogen (secondary N) is 1. The van der Waals surface area contributed by atoms with Crippen molar-refractivity contribution < 1.29 is 31.1 Å². The fourth-order valence-electron chi connectivity index (χ4n) is 7.68. The highest BCUT2D eigenvalue weighted by Gasteiger charge is 2.45. The van der Waals surface area contributed by atoms with Gasteiger partial charge >= 0.3 is 12.4 Å². The van der Waals surface area contributed by atoms with E-state index in [1.54, 1.807) is 11.6 Å². The molecule has 4 aromatic rings.